The number of likely N-dealkylation sites (N-methyl/N-ethyl adjacent to an activating group) is 1. The number of fused-ring (bicyclic) bond motifs is 2. The van der Waals surface area contributed by atoms with Gasteiger partial charge in [0.2, 0.25) is 0 Å². The summed E-state index contributed by atoms with van der Waals surface area (Å²) in [6.45, 7) is 2.35. The fraction of sp³-hybridized carbons (Fsp3) is 0.706. The molecule has 1 N–H and O–H groups in total. The van der Waals surface area contributed by atoms with Crippen LogP contribution in [0.3, 0.4) is 0 Å². The van der Waals surface area contributed by atoms with Gasteiger partial charge in [0.15, 0.2) is 0 Å². The van der Waals surface area contributed by atoms with Crippen molar-refractivity contribution in [2.24, 2.45) is 5.92 Å². The highest BCUT2D eigenvalue weighted by atomic mass is 15.1. The van der Waals surface area contributed by atoms with E-state index in [0.29, 0.717) is 0 Å². The molecule has 0 aliphatic carbocycles. The maximum atomic E-state index is 4.39. The Balaban J connectivity index is 1.36. The van der Waals surface area contributed by atoms with Crippen molar-refractivity contribution in [3.8, 4) is 0 Å². The SMILES string of the molecule is CN(CCc1ccccn1)CCC1CC2CCC(C1)N2. The molecule has 110 valence electrons. The van der Waals surface area contributed by atoms with E-state index in [2.05, 4.69) is 34.4 Å². The third-order valence-electron chi connectivity index (χ3n) is 4.97. The van der Waals surface area contributed by atoms with Crippen LogP contribution in [0.15, 0.2) is 24.4 Å². The van der Waals surface area contributed by atoms with Gasteiger partial charge in [-0.25, -0.2) is 0 Å². The highest BCUT2D eigenvalue weighted by molar-refractivity contribution is 5.03. The van der Waals surface area contributed by atoms with Crippen molar-refractivity contribution in [2.45, 2.75) is 50.6 Å². The standard InChI is InChI=1S/C17H27N3/c1-20(11-8-15-4-2-3-9-18-15)10-7-14-12-16-5-6-17(13-14)19-16/h2-4,9,14,16-17,19H,5-8,10-13H2,1H3. The molecule has 2 saturated heterocycles. The molecule has 3 nitrogen and oxygen atoms in total. The smallest absolute Gasteiger partial charge is 0.0416 e. The predicted molar refractivity (Wildman–Crippen MR) is 82.7 cm³/mol. The summed E-state index contributed by atoms with van der Waals surface area (Å²) in [5.41, 5.74) is 1.21. The van der Waals surface area contributed by atoms with E-state index >= 15 is 0 Å². The number of nitrogens with zero attached hydrogens (tertiary/aromatic N) is 2. The molecule has 0 radical (unpaired) electrons. The molecular formula is C17H27N3. The summed E-state index contributed by atoms with van der Waals surface area (Å²) in [6.07, 6.45) is 9.96. The van der Waals surface area contributed by atoms with Crippen molar-refractivity contribution in [2.75, 3.05) is 20.1 Å². The van der Waals surface area contributed by atoms with E-state index in [-0.39, 0.29) is 0 Å². The Morgan fingerprint density at radius 1 is 1.20 bits per heavy atom. The van der Waals surface area contributed by atoms with Crippen LogP contribution < -0.4 is 5.32 Å². The summed E-state index contributed by atoms with van der Waals surface area (Å²) in [4.78, 5) is 6.86. The Kier molecular flexibility index (Phi) is 4.69. The Morgan fingerprint density at radius 3 is 2.70 bits per heavy atom. The van der Waals surface area contributed by atoms with E-state index in [0.717, 1.165) is 31.0 Å². The molecule has 2 bridgehead atoms. The number of rotatable bonds is 6. The molecule has 1 aromatic rings. The summed E-state index contributed by atoms with van der Waals surface area (Å²) < 4.78 is 0. The average molecular weight is 273 g/mol. The van der Waals surface area contributed by atoms with Crippen LogP contribution in [0.5, 0.6) is 0 Å². The molecule has 1 aromatic heterocycles. The van der Waals surface area contributed by atoms with Crippen molar-refractivity contribution in [3.63, 3.8) is 0 Å². The molecule has 2 atom stereocenters. The molecule has 2 aliphatic rings. The molecule has 0 amide bonds. The summed E-state index contributed by atoms with van der Waals surface area (Å²) in [5, 5.41) is 3.73. The number of hydrogen-bond acceptors (Lipinski definition) is 3. The average Bonchev–Trinajstić information content (AvgIpc) is 2.83. The number of pyridine rings is 1. The summed E-state index contributed by atoms with van der Waals surface area (Å²) in [6, 6.07) is 7.85. The Labute approximate surface area is 122 Å². The van der Waals surface area contributed by atoms with Gasteiger partial charge in [-0.1, -0.05) is 6.07 Å². The van der Waals surface area contributed by atoms with E-state index in [9.17, 15) is 0 Å². The van der Waals surface area contributed by atoms with Crippen LogP contribution >= 0.6 is 0 Å². The van der Waals surface area contributed by atoms with Crippen LogP contribution in [0.1, 0.15) is 37.8 Å². The molecule has 20 heavy (non-hydrogen) atoms. The van der Waals surface area contributed by atoms with Gasteiger partial charge in [-0.3, -0.25) is 4.98 Å². The summed E-state index contributed by atoms with van der Waals surface area (Å²) >= 11 is 0. The van der Waals surface area contributed by atoms with Crippen LogP contribution in [0.2, 0.25) is 0 Å². The van der Waals surface area contributed by atoms with E-state index < -0.39 is 0 Å². The lowest BCUT2D eigenvalue weighted by molar-refractivity contribution is 0.243. The molecule has 0 aromatic carbocycles. The van der Waals surface area contributed by atoms with E-state index in [4.69, 9.17) is 0 Å². The lowest BCUT2D eigenvalue weighted by atomic mass is 9.89. The molecule has 3 heteroatoms. The highest BCUT2D eigenvalue weighted by Gasteiger charge is 2.32. The fourth-order valence-corrected chi connectivity index (χ4v) is 3.78. The first kappa shape index (κ1) is 14.0. The third kappa shape index (κ3) is 3.80. The maximum absolute atomic E-state index is 4.39. The molecule has 3 rings (SSSR count). The second-order valence-corrected chi connectivity index (χ2v) is 6.64. The fourth-order valence-electron chi connectivity index (χ4n) is 3.78. The number of hydrogen-bond donors (Lipinski definition) is 1. The molecule has 2 unspecified atom stereocenters. The number of nitrogens with one attached hydrogen (secondary N) is 1. The molecule has 2 fully saturated rings. The zero-order valence-corrected chi connectivity index (χ0v) is 12.6. The minimum absolute atomic E-state index is 0.831. The van der Waals surface area contributed by atoms with Gasteiger partial charge in [-0.2, -0.15) is 0 Å². The summed E-state index contributed by atoms with van der Waals surface area (Å²) in [5.74, 6) is 0.950. The van der Waals surface area contributed by atoms with Crippen LogP contribution in [-0.4, -0.2) is 42.1 Å². The van der Waals surface area contributed by atoms with Crippen LogP contribution in [0.4, 0.5) is 0 Å². The van der Waals surface area contributed by atoms with Gasteiger partial charge < -0.3 is 10.2 Å². The lowest BCUT2D eigenvalue weighted by Gasteiger charge is -2.30. The van der Waals surface area contributed by atoms with Gasteiger partial charge in [0.25, 0.3) is 0 Å². The molecule has 0 saturated carbocycles. The highest BCUT2D eigenvalue weighted by Crippen LogP contribution is 2.32. The van der Waals surface area contributed by atoms with E-state index in [1.54, 1.807) is 0 Å². The van der Waals surface area contributed by atoms with E-state index in [1.165, 1.54) is 44.3 Å². The molecular weight excluding hydrogens is 246 g/mol. The first-order valence-electron chi connectivity index (χ1n) is 8.14. The minimum Gasteiger partial charge on any atom is -0.311 e. The van der Waals surface area contributed by atoms with Gasteiger partial charge in [0.05, 0.1) is 0 Å². The maximum Gasteiger partial charge on any atom is 0.0416 e. The first-order valence-corrected chi connectivity index (χ1v) is 8.14. The molecule has 0 spiro atoms. The van der Waals surface area contributed by atoms with Gasteiger partial charge in [0, 0.05) is 36.9 Å². The molecule has 2 aliphatic heterocycles. The minimum atomic E-state index is 0.831. The van der Waals surface area contributed by atoms with E-state index in [1.807, 2.05) is 12.3 Å². The Hall–Kier alpha value is -0.930. The van der Waals surface area contributed by atoms with Gasteiger partial charge in [-0.05, 0) is 63.7 Å². The first-order chi connectivity index (χ1) is 9.79. The monoisotopic (exact) mass is 273 g/mol. The van der Waals surface area contributed by atoms with Crippen molar-refractivity contribution in [1.82, 2.24) is 15.2 Å². The Morgan fingerprint density at radius 2 is 2.00 bits per heavy atom. The second-order valence-electron chi connectivity index (χ2n) is 6.64. The lowest BCUT2D eigenvalue weighted by Crippen LogP contribution is -2.39. The normalized spacial score (nSPS) is 29.0. The largest absolute Gasteiger partial charge is 0.311 e. The van der Waals surface area contributed by atoms with Gasteiger partial charge in [0.1, 0.15) is 0 Å². The third-order valence-corrected chi connectivity index (χ3v) is 4.97. The molecule has 3 heterocycles. The van der Waals surface area contributed by atoms with Crippen molar-refractivity contribution >= 4 is 0 Å². The Bertz CT molecular complexity index is 394. The van der Waals surface area contributed by atoms with Gasteiger partial charge >= 0.3 is 0 Å². The zero-order valence-electron chi connectivity index (χ0n) is 12.6. The number of aromatic nitrogens is 1. The van der Waals surface area contributed by atoms with Crippen molar-refractivity contribution < 1.29 is 0 Å². The predicted octanol–water partition coefficient (Wildman–Crippen LogP) is 2.48. The van der Waals surface area contributed by atoms with Crippen molar-refractivity contribution in [1.29, 1.82) is 0 Å². The topological polar surface area (TPSA) is 28.2 Å². The quantitative estimate of drug-likeness (QED) is 0.863. The number of piperidine rings is 1. The van der Waals surface area contributed by atoms with Crippen LogP contribution in [0, 0.1) is 5.92 Å². The summed E-state index contributed by atoms with van der Waals surface area (Å²) in [7, 11) is 2.25. The van der Waals surface area contributed by atoms with Crippen LogP contribution in [0.25, 0.3) is 0 Å². The van der Waals surface area contributed by atoms with Gasteiger partial charge in [-0.15, -0.1) is 0 Å². The van der Waals surface area contributed by atoms with Crippen LogP contribution in [-0.2, 0) is 6.42 Å². The van der Waals surface area contributed by atoms with Crippen molar-refractivity contribution in [3.05, 3.63) is 30.1 Å². The second kappa shape index (κ2) is 6.68. The zero-order chi connectivity index (χ0) is 13.8.